The summed E-state index contributed by atoms with van der Waals surface area (Å²) in [6.07, 6.45) is 12.9. The van der Waals surface area contributed by atoms with Gasteiger partial charge in [0, 0.05) is 6.54 Å². The normalized spacial score (nSPS) is 20.7. The molecule has 0 aromatic heterocycles. The van der Waals surface area contributed by atoms with Crippen molar-refractivity contribution >= 4 is 0 Å². The highest BCUT2D eigenvalue weighted by atomic mass is 15.1. The third-order valence-corrected chi connectivity index (χ3v) is 4.19. The molecule has 1 unspecified atom stereocenters. The van der Waals surface area contributed by atoms with E-state index >= 15 is 0 Å². The van der Waals surface area contributed by atoms with Crippen LogP contribution in [0.25, 0.3) is 0 Å². The quantitative estimate of drug-likeness (QED) is 0.566. The lowest BCUT2D eigenvalue weighted by molar-refractivity contribution is 0.313. The van der Waals surface area contributed by atoms with E-state index in [1.807, 2.05) is 0 Å². The molecule has 0 aliphatic carbocycles. The van der Waals surface area contributed by atoms with Gasteiger partial charge in [0.25, 0.3) is 0 Å². The van der Waals surface area contributed by atoms with Crippen molar-refractivity contribution in [1.82, 2.24) is 10.2 Å². The maximum absolute atomic E-state index is 3.30. The second-order valence-electron chi connectivity index (χ2n) is 5.99. The van der Waals surface area contributed by atoms with Gasteiger partial charge < -0.3 is 10.2 Å². The standard InChI is InChI=1S/C16H34N2/c1-3-4-5-6-7-8-9-10-12-18-13-11-16(15-18)14-17-2/h16-17H,3-15H2,1-2H3. The molecular weight excluding hydrogens is 220 g/mol. The third-order valence-electron chi connectivity index (χ3n) is 4.19. The Kier molecular flexibility index (Phi) is 9.59. The van der Waals surface area contributed by atoms with Crippen LogP contribution < -0.4 is 5.32 Å². The minimum atomic E-state index is 0.907. The zero-order chi connectivity index (χ0) is 13.1. The smallest absolute Gasteiger partial charge is 0.00223 e. The monoisotopic (exact) mass is 254 g/mol. The van der Waals surface area contributed by atoms with E-state index in [1.165, 1.54) is 84.0 Å². The van der Waals surface area contributed by atoms with Gasteiger partial charge in [0.15, 0.2) is 0 Å². The first-order chi connectivity index (χ1) is 8.86. The van der Waals surface area contributed by atoms with Crippen molar-refractivity contribution in [3.63, 3.8) is 0 Å². The molecule has 0 bridgehead atoms. The third kappa shape index (κ3) is 7.38. The first-order valence-electron chi connectivity index (χ1n) is 8.23. The SMILES string of the molecule is CCCCCCCCCCN1CCC(CNC)C1. The molecule has 1 heterocycles. The van der Waals surface area contributed by atoms with Crippen LogP contribution in [-0.2, 0) is 0 Å². The fraction of sp³-hybridized carbons (Fsp3) is 1.00. The number of rotatable bonds is 11. The molecule has 0 spiro atoms. The number of nitrogens with zero attached hydrogens (tertiary/aromatic N) is 1. The second kappa shape index (κ2) is 10.8. The van der Waals surface area contributed by atoms with Gasteiger partial charge in [-0.15, -0.1) is 0 Å². The van der Waals surface area contributed by atoms with Crippen molar-refractivity contribution < 1.29 is 0 Å². The molecule has 1 rings (SSSR count). The summed E-state index contributed by atoms with van der Waals surface area (Å²) in [5.41, 5.74) is 0. The van der Waals surface area contributed by atoms with Crippen molar-refractivity contribution in [2.45, 2.75) is 64.7 Å². The van der Waals surface area contributed by atoms with Gasteiger partial charge in [0.1, 0.15) is 0 Å². The molecule has 2 heteroatoms. The second-order valence-corrected chi connectivity index (χ2v) is 5.99. The summed E-state index contributed by atoms with van der Waals surface area (Å²) in [4.78, 5) is 2.67. The Morgan fingerprint density at radius 2 is 1.67 bits per heavy atom. The van der Waals surface area contributed by atoms with Crippen molar-refractivity contribution in [3.05, 3.63) is 0 Å². The van der Waals surface area contributed by atoms with Crippen molar-refractivity contribution in [3.8, 4) is 0 Å². The fourth-order valence-electron chi connectivity index (χ4n) is 3.04. The van der Waals surface area contributed by atoms with E-state index in [0.29, 0.717) is 0 Å². The van der Waals surface area contributed by atoms with E-state index in [0.717, 1.165) is 5.92 Å². The summed E-state index contributed by atoms with van der Waals surface area (Å²) in [6.45, 7) is 7.50. The van der Waals surface area contributed by atoms with Gasteiger partial charge in [-0.05, 0) is 45.4 Å². The number of nitrogens with one attached hydrogen (secondary N) is 1. The predicted octanol–water partition coefficient (Wildman–Crippen LogP) is 3.67. The van der Waals surface area contributed by atoms with E-state index in [1.54, 1.807) is 0 Å². The molecule has 1 aliphatic rings. The zero-order valence-corrected chi connectivity index (χ0v) is 12.7. The van der Waals surface area contributed by atoms with E-state index in [4.69, 9.17) is 0 Å². The summed E-state index contributed by atoms with van der Waals surface area (Å²) < 4.78 is 0. The minimum Gasteiger partial charge on any atom is -0.319 e. The van der Waals surface area contributed by atoms with E-state index in [-0.39, 0.29) is 0 Å². The van der Waals surface area contributed by atoms with E-state index < -0.39 is 0 Å². The zero-order valence-electron chi connectivity index (χ0n) is 12.7. The predicted molar refractivity (Wildman–Crippen MR) is 81.1 cm³/mol. The molecule has 108 valence electrons. The fourth-order valence-corrected chi connectivity index (χ4v) is 3.04. The highest BCUT2D eigenvalue weighted by Gasteiger charge is 2.20. The Bertz CT molecular complexity index is 182. The molecule has 2 nitrogen and oxygen atoms in total. The first-order valence-corrected chi connectivity index (χ1v) is 8.23. The summed E-state index contributed by atoms with van der Waals surface area (Å²) in [7, 11) is 2.07. The average molecular weight is 254 g/mol. The summed E-state index contributed by atoms with van der Waals surface area (Å²) in [6, 6.07) is 0. The van der Waals surface area contributed by atoms with Gasteiger partial charge in [-0.1, -0.05) is 51.9 Å². The molecule has 0 aromatic carbocycles. The summed E-state index contributed by atoms with van der Waals surface area (Å²) in [5, 5.41) is 3.30. The van der Waals surface area contributed by atoms with Crippen molar-refractivity contribution in [2.24, 2.45) is 5.92 Å². The topological polar surface area (TPSA) is 15.3 Å². The Hall–Kier alpha value is -0.0800. The average Bonchev–Trinajstić information content (AvgIpc) is 2.81. The van der Waals surface area contributed by atoms with E-state index in [9.17, 15) is 0 Å². The summed E-state index contributed by atoms with van der Waals surface area (Å²) in [5.74, 6) is 0.907. The van der Waals surface area contributed by atoms with Crippen LogP contribution in [0.2, 0.25) is 0 Å². The number of likely N-dealkylation sites (tertiary alicyclic amines) is 1. The highest BCUT2D eigenvalue weighted by molar-refractivity contribution is 4.76. The van der Waals surface area contributed by atoms with Crippen LogP contribution in [0.15, 0.2) is 0 Å². The number of hydrogen-bond donors (Lipinski definition) is 1. The molecule has 0 aromatic rings. The first kappa shape index (κ1) is 16.0. The van der Waals surface area contributed by atoms with Crippen LogP contribution in [-0.4, -0.2) is 38.1 Å². The van der Waals surface area contributed by atoms with Gasteiger partial charge >= 0.3 is 0 Å². The minimum absolute atomic E-state index is 0.907. The summed E-state index contributed by atoms with van der Waals surface area (Å²) >= 11 is 0. The number of unbranched alkanes of at least 4 members (excludes halogenated alkanes) is 7. The van der Waals surface area contributed by atoms with Crippen LogP contribution in [0.4, 0.5) is 0 Å². The lowest BCUT2D eigenvalue weighted by Gasteiger charge is -2.15. The molecule has 1 fully saturated rings. The van der Waals surface area contributed by atoms with Crippen LogP contribution in [0.1, 0.15) is 64.7 Å². The molecule has 18 heavy (non-hydrogen) atoms. The van der Waals surface area contributed by atoms with Crippen LogP contribution in [0.5, 0.6) is 0 Å². The van der Waals surface area contributed by atoms with Gasteiger partial charge in [-0.2, -0.15) is 0 Å². The van der Waals surface area contributed by atoms with Crippen molar-refractivity contribution in [1.29, 1.82) is 0 Å². The highest BCUT2D eigenvalue weighted by Crippen LogP contribution is 2.16. The largest absolute Gasteiger partial charge is 0.319 e. The van der Waals surface area contributed by atoms with Crippen LogP contribution in [0, 0.1) is 5.92 Å². The van der Waals surface area contributed by atoms with Gasteiger partial charge in [0.05, 0.1) is 0 Å². The maximum atomic E-state index is 3.30. The Balaban J connectivity index is 1.84. The molecule has 1 N–H and O–H groups in total. The number of hydrogen-bond acceptors (Lipinski definition) is 2. The molecule has 0 amide bonds. The van der Waals surface area contributed by atoms with Gasteiger partial charge in [-0.3, -0.25) is 0 Å². The molecule has 1 atom stereocenters. The molecular formula is C16H34N2. The van der Waals surface area contributed by atoms with Gasteiger partial charge in [0.2, 0.25) is 0 Å². The van der Waals surface area contributed by atoms with Crippen LogP contribution in [0.3, 0.4) is 0 Å². The maximum Gasteiger partial charge on any atom is 0.00223 e. The lowest BCUT2D eigenvalue weighted by Crippen LogP contribution is -2.25. The lowest BCUT2D eigenvalue weighted by atomic mass is 10.1. The Morgan fingerprint density at radius 1 is 1.00 bits per heavy atom. The Labute approximate surface area is 115 Å². The van der Waals surface area contributed by atoms with Gasteiger partial charge in [-0.25, -0.2) is 0 Å². The molecule has 0 radical (unpaired) electrons. The molecule has 1 saturated heterocycles. The Morgan fingerprint density at radius 3 is 2.33 bits per heavy atom. The molecule has 1 aliphatic heterocycles. The van der Waals surface area contributed by atoms with Crippen molar-refractivity contribution in [2.75, 3.05) is 33.2 Å². The van der Waals surface area contributed by atoms with Crippen LogP contribution >= 0.6 is 0 Å². The molecule has 0 saturated carbocycles. The van der Waals surface area contributed by atoms with E-state index in [2.05, 4.69) is 24.2 Å².